The third-order valence-corrected chi connectivity index (χ3v) is 8.16. The van der Waals surface area contributed by atoms with Crippen molar-refractivity contribution < 1.29 is 4.74 Å². The summed E-state index contributed by atoms with van der Waals surface area (Å²) in [6.07, 6.45) is 10.0. The van der Waals surface area contributed by atoms with Crippen molar-refractivity contribution in [2.75, 3.05) is 13.7 Å². The minimum absolute atomic E-state index is 0.381. The summed E-state index contributed by atoms with van der Waals surface area (Å²) in [6, 6.07) is 16.7. The molecular formula is C26H30N2O. The molecule has 1 saturated heterocycles. The van der Waals surface area contributed by atoms with Gasteiger partial charge in [0.1, 0.15) is 5.75 Å². The van der Waals surface area contributed by atoms with Crippen molar-refractivity contribution in [3.8, 4) is 5.75 Å². The summed E-state index contributed by atoms with van der Waals surface area (Å²) in [7, 11) is 1.80. The SMILES string of the molecule is COc1ccc2c(c1)[C@@]13CCCC[C@H]1[C@@H](C2)N(Cc1ccc2[nH]ccc2c1)CC3. The fraction of sp³-hybridized carbons (Fsp3) is 0.462. The van der Waals surface area contributed by atoms with Crippen molar-refractivity contribution in [2.24, 2.45) is 5.92 Å². The molecule has 6 rings (SSSR count). The van der Waals surface area contributed by atoms with Crippen molar-refractivity contribution in [1.82, 2.24) is 9.88 Å². The smallest absolute Gasteiger partial charge is 0.119 e. The number of hydrogen-bond donors (Lipinski definition) is 1. The van der Waals surface area contributed by atoms with E-state index in [0.717, 1.165) is 18.2 Å². The van der Waals surface area contributed by atoms with E-state index < -0.39 is 0 Å². The van der Waals surface area contributed by atoms with E-state index in [2.05, 4.69) is 52.3 Å². The molecule has 2 heterocycles. The first-order valence-corrected chi connectivity index (χ1v) is 11.2. The normalized spacial score (nSPS) is 28.7. The zero-order chi connectivity index (χ0) is 19.4. The van der Waals surface area contributed by atoms with Crippen LogP contribution >= 0.6 is 0 Å². The Morgan fingerprint density at radius 2 is 2.07 bits per heavy atom. The Kier molecular flexibility index (Phi) is 4.02. The number of fused-ring (bicyclic) bond motifs is 2. The van der Waals surface area contributed by atoms with E-state index in [0.29, 0.717) is 11.5 Å². The van der Waals surface area contributed by atoms with Gasteiger partial charge in [-0.2, -0.15) is 0 Å². The van der Waals surface area contributed by atoms with Gasteiger partial charge in [0, 0.05) is 29.7 Å². The van der Waals surface area contributed by atoms with Crippen LogP contribution in [0, 0.1) is 5.92 Å². The van der Waals surface area contributed by atoms with Gasteiger partial charge in [0.05, 0.1) is 7.11 Å². The summed E-state index contributed by atoms with van der Waals surface area (Å²) < 4.78 is 5.61. The first kappa shape index (κ1) is 17.6. The van der Waals surface area contributed by atoms with E-state index in [4.69, 9.17) is 4.74 Å². The lowest BCUT2D eigenvalue weighted by atomic mass is 9.52. The second-order valence-electron chi connectivity index (χ2n) is 9.42. The molecule has 3 heteroatoms. The number of H-pyrrole nitrogens is 1. The Morgan fingerprint density at radius 1 is 1.10 bits per heavy atom. The Hall–Kier alpha value is -2.26. The van der Waals surface area contributed by atoms with E-state index in [1.165, 1.54) is 61.5 Å². The quantitative estimate of drug-likeness (QED) is 0.650. The Bertz CT molecular complexity index is 1050. The Balaban J connectivity index is 1.36. The van der Waals surface area contributed by atoms with Crippen LogP contribution in [-0.4, -0.2) is 29.6 Å². The van der Waals surface area contributed by atoms with Gasteiger partial charge in [-0.25, -0.2) is 0 Å². The van der Waals surface area contributed by atoms with Crippen LogP contribution < -0.4 is 4.74 Å². The molecule has 1 aromatic heterocycles. The molecule has 29 heavy (non-hydrogen) atoms. The maximum atomic E-state index is 5.61. The van der Waals surface area contributed by atoms with Crippen molar-refractivity contribution in [2.45, 2.75) is 56.5 Å². The number of nitrogens with zero attached hydrogens (tertiary/aromatic N) is 1. The molecule has 150 valence electrons. The molecule has 3 atom stereocenters. The van der Waals surface area contributed by atoms with Crippen molar-refractivity contribution in [3.05, 3.63) is 65.4 Å². The van der Waals surface area contributed by atoms with E-state index in [9.17, 15) is 0 Å². The lowest BCUT2D eigenvalue weighted by Crippen LogP contribution is -2.60. The van der Waals surface area contributed by atoms with Gasteiger partial charge in [0.15, 0.2) is 0 Å². The number of benzene rings is 2. The second kappa shape index (κ2) is 6.63. The number of methoxy groups -OCH3 is 1. The molecule has 3 nitrogen and oxygen atoms in total. The lowest BCUT2D eigenvalue weighted by molar-refractivity contribution is -0.0157. The van der Waals surface area contributed by atoms with Crippen LogP contribution in [0.5, 0.6) is 5.75 Å². The van der Waals surface area contributed by atoms with Crippen LogP contribution in [0.3, 0.4) is 0 Å². The molecule has 2 aliphatic carbocycles. The molecule has 3 aromatic rings. The van der Waals surface area contributed by atoms with Gasteiger partial charge >= 0.3 is 0 Å². The highest BCUT2D eigenvalue weighted by Crippen LogP contribution is 2.56. The third kappa shape index (κ3) is 2.67. The summed E-state index contributed by atoms with van der Waals surface area (Å²) in [6.45, 7) is 2.28. The number of aromatic amines is 1. The van der Waals surface area contributed by atoms with Crippen LogP contribution in [-0.2, 0) is 18.4 Å². The molecule has 1 aliphatic heterocycles. The van der Waals surface area contributed by atoms with Crippen molar-refractivity contribution in [1.29, 1.82) is 0 Å². The maximum absolute atomic E-state index is 5.61. The zero-order valence-electron chi connectivity index (χ0n) is 17.3. The second-order valence-corrected chi connectivity index (χ2v) is 9.42. The van der Waals surface area contributed by atoms with Gasteiger partial charge < -0.3 is 9.72 Å². The van der Waals surface area contributed by atoms with Crippen LogP contribution in [0.1, 0.15) is 48.8 Å². The average molecular weight is 387 g/mol. The number of aromatic nitrogens is 1. The van der Waals surface area contributed by atoms with Gasteiger partial charge in [-0.3, -0.25) is 4.90 Å². The van der Waals surface area contributed by atoms with Crippen LogP contribution in [0.25, 0.3) is 10.9 Å². The van der Waals surface area contributed by atoms with Crippen LogP contribution in [0.4, 0.5) is 0 Å². The summed E-state index contributed by atoms with van der Waals surface area (Å²) in [4.78, 5) is 6.12. The molecule has 1 saturated carbocycles. The summed E-state index contributed by atoms with van der Waals surface area (Å²) in [5.74, 6) is 1.82. The highest BCUT2D eigenvalue weighted by molar-refractivity contribution is 5.79. The average Bonchev–Trinajstić information content (AvgIpc) is 3.23. The molecule has 2 fully saturated rings. The van der Waals surface area contributed by atoms with Crippen molar-refractivity contribution >= 4 is 10.9 Å². The molecule has 0 amide bonds. The van der Waals surface area contributed by atoms with E-state index >= 15 is 0 Å². The number of nitrogens with one attached hydrogen (secondary N) is 1. The van der Waals surface area contributed by atoms with E-state index in [1.54, 1.807) is 18.2 Å². The Morgan fingerprint density at radius 3 is 3.00 bits per heavy atom. The van der Waals surface area contributed by atoms with Gasteiger partial charge in [0.2, 0.25) is 0 Å². The molecule has 0 unspecified atom stereocenters. The summed E-state index contributed by atoms with van der Waals surface area (Å²) in [5.41, 5.74) is 6.25. The number of hydrogen-bond acceptors (Lipinski definition) is 2. The minimum Gasteiger partial charge on any atom is -0.497 e. The fourth-order valence-corrected chi connectivity index (χ4v) is 6.82. The maximum Gasteiger partial charge on any atom is 0.119 e. The topological polar surface area (TPSA) is 28.3 Å². The fourth-order valence-electron chi connectivity index (χ4n) is 6.82. The Labute approximate surface area is 173 Å². The molecule has 2 bridgehead atoms. The van der Waals surface area contributed by atoms with Gasteiger partial charge in [-0.05, 0) is 90.6 Å². The first-order valence-electron chi connectivity index (χ1n) is 11.2. The number of ether oxygens (including phenoxy) is 1. The van der Waals surface area contributed by atoms with Gasteiger partial charge in [0.25, 0.3) is 0 Å². The molecule has 0 radical (unpaired) electrons. The standard InChI is InChI=1S/C26H30N2O/c1-29-21-7-6-19-15-25-22-4-2-3-10-26(22,23(19)16-21)11-13-28(25)17-18-5-8-24-20(14-18)9-12-27-24/h5-9,12,14,16,22,25,27H,2-4,10-11,13,15,17H2,1H3/t22-,25+,26+/m0/s1. The predicted octanol–water partition coefficient (Wildman–Crippen LogP) is 5.44. The molecule has 3 aliphatic rings. The largest absolute Gasteiger partial charge is 0.497 e. The molecule has 2 aromatic carbocycles. The molecule has 1 N–H and O–H groups in total. The number of rotatable bonds is 3. The zero-order valence-corrected chi connectivity index (χ0v) is 17.3. The highest BCUT2D eigenvalue weighted by Gasteiger charge is 2.53. The summed E-state index contributed by atoms with van der Waals surface area (Å²) >= 11 is 0. The molecular weight excluding hydrogens is 356 g/mol. The summed E-state index contributed by atoms with van der Waals surface area (Å²) in [5, 5.41) is 1.33. The monoisotopic (exact) mass is 386 g/mol. The number of likely N-dealkylation sites (tertiary alicyclic amines) is 1. The van der Waals surface area contributed by atoms with Crippen LogP contribution in [0.2, 0.25) is 0 Å². The van der Waals surface area contributed by atoms with E-state index in [-0.39, 0.29) is 0 Å². The third-order valence-electron chi connectivity index (χ3n) is 8.16. The van der Waals surface area contributed by atoms with Crippen LogP contribution in [0.15, 0.2) is 48.7 Å². The predicted molar refractivity (Wildman–Crippen MR) is 117 cm³/mol. The number of piperidine rings is 1. The van der Waals surface area contributed by atoms with E-state index in [1.807, 2.05) is 6.20 Å². The van der Waals surface area contributed by atoms with Gasteiger partial charge in [-0.15, -0.1) is 0 Å². The highest BCUT2D eigenvalue weighted by atomic mass is 16.5. The lowest BCUT2D eigenvalue weighted by Gasteiger charge is -2.59. The first-order chi connectivity index (χ1) is 14.3. The molecule has 0 spiro atoms. The minimum atomic E-state index is 0.381. The van der Waals surface area contributed by atoms with Gasteiger partial charge in [-0.1, -0.05) is 25.0 Å². The van der Waals surface area contributed by atoms with Crippen molar-refractivity contribution in [3.63, 3.8) is 0 Å².